The smallest absolute Gasteiger partial charge is 0.274 e. The summed E-state index contributed by atoms with van der Waals surface area (Å²) < 4.78 is 18.8. The van der Waals surface area contributed by atoms with E-state index in [-0.39, 0.29) is 17.2 Å². The summed E-state index contributed by atoms with van der Waals surface area (Å²) in [4.78, 5) is 35.4. The summed E-state index contributed by atoms with van der Waals surface area (Å²) in [7, 11) is 3.75. The van der Waals surface area contributed by atoms with Crippen molar-refractivity contribution in [3.63, 3.8) is 0 Å². The molecule has 3 aromatic heterocycles. The molecule has 44 heavy (non-hydrogen) atoms. The number of hydrogen-bond acceptors (Lipinski definition) is 6. The van der Waals surface area contributed by atoms with E-state index in [1.54, 1.807) is 24.2 Å². The van der Waals surface area contributed by atoms with Gasteiger partial charge in [-0.2, -0.15) is 0 Å². The number of amides is 1. The van der Waals surface area contributed by atoms with Crippen molar-refractivity contribution in [1.82, 2.24) is 19.0 Å². The van der Waals surface area contributed by atoms with E-state index < -0.39 is 12.4 Å². The number of likely N-dealkylation sites (tertiary alicyclic amines) is 1. The van der Waals surface area contributed by atoms with Crippen molar-refractivity contribution in [2.75, 3.05) is 30.4 Å². The van der Waals surface area contributed by atoms with Crippen LogP contribution in [-0.4, -0.2) is 50.2 Å². The highest BCUT2D eigenvalue weighted by molar-refractivity contribution is 6.07. The van der Waals surface area contributed by atoms with Crippen LogP contribution in [0.2, 0.25) is 0 Å². The molecule has 3 aliphatic rings. The number of carbonyl (C=O) groups is 1. The fourth-order valence-electron chi connectivity index (χ4n) is 7.25. The monoisotopic (exact) mass is 596 g/mol. The van der Waals surface area contributed by atoms with Crippen LogP contribution in [0, 0.1) is 5.82 Å². The highest BCUT2D eigenvalue weighted by Gasteiger charge is 2.32. The molecule has 0 unspecified atom stereocenters. The molecule has 1 fully saturated rings. The first-order valence-corrected chi connectivity index (χ1v) is 15.4. The summed E-state index contributed by atoms with van der Waals surface area (Å²) in [6.45, 7) is 1.65. The van der Waals surface area contributed by atoms with Gasteiger partial charge in [-0.15, -0.1) is 0 Å². The topological polar surface area (TPSA) is 95.6 Å². The van der Waals surface area contributed by atoms with Crippen molar-refractivity contribution < 1.29 is 14.3 Å². The molecule has 0 spiro atoms. The molecule has 0 saturated carbocycles. The first-order chi connectivity index (χ1) is 21.3. The fraction of sp³-hybridized carbons (Fsp3) is 0.382. The second-order valence-electron chi connectivity index (χ2n) is 12.2. The van der Waals surface area contributed by atoms with E-state index in [2.05, 4.69) is 26.8 Å². The molecule has 9 nitrogen and oxygen atoms in total. The number of halogens is 1. The van der Waals surface area contributed by atoms with Crippen molar-refractivity contribution >= 4 is 23.1 Å². The minimum absolute atomic E-state index is 0.196. The second kappa shape index (κ2) is 11.3. The van der Waals surface area contributed by atoms with E-state index in [4.69, 9.17) is 0 Å². The van der Waals surface area contributed by atoms with Crippen molar-refractivity contribution in [2.24, 2.45) is 7.05 Å². The summed E-state index contributed by atoms with van der Waals surface area (Å²) in [5, 5.41) is 13.7. The van der Waals surface area contributed by atoms with Crippen LogP contribution in [-0.2, 0) is 33.0 Å². The predicted molar refractivity (Wildman–Crippen MR) is 168 cm³/mol. The normalized spacial score (nSPS) is 18.4. The molecule has 1 saturated heterocycles. The molecule has 228 valence electrons. The maximum Gasteiger partial charge on any atom is 0.274 e. The number of anilines is 3. The Bertz CT molecular complexity index is 1810. The molecule has 1 atom stereocenters. The van der Waals surface area contributed by atoms with Gasteiger partial charge >= 0.3 is 0 Å². The molecule has 2 aliphatic heterocycles. The number of rotatable bonds is 6. The average molecular weight is 597 g/mol. The van der Waals surface area contributed by atoms with Gasteiger partial charge in [-0.25, -0.2) is 9.37 Å². The third kappa shape index (κ3) is 4.92. The molecule has 1 amide bonds. The molecule has 1 aromatic carbocycles. The molecule has 10 heteroatoms. The van der Waals surface area contributed by atoms with Gasteiger partial charge in [-0.3, -0.25) is 14.5 Å². The van der Waals surface area contributed by atoms with Gasteiger partial charge in [0.2, 0.25) is 0 Å². The number of nitrogens with zero attached hydrogens (tertiary/aromatic N) is 5. The number of aliphatic hydroxyl groups excluding tert-OH is 1. The number of pyridine rings is 2. The summed E-state index contributed by atoms with van der Waals surface area (Å²) >= 11 is 0. The zero-order valence-corrected chi connectivity index (χ0v) is 25.1. The van der Waals surface area contributed by atoms with Crippen LogP contribution in [0.25, 0.3) is 11.1 Å². The number of nitrogens with one attached hydrogen (secondary N) is 1. The van der Waals surface area contributed by atoms with Crippen molar-refractivity contribution in [3.8, 4) is 11.1 Å². The van der Waals surface area contributed by atoms with Gasteiger partial charge in [0.05, 0.1) is 12.3 Å². The van der Waals surface area contributed by atoms with Crippen molar-refractivity contribution in [1.29, 1.82) is 0 Å². The third-order valence-corrected chi connectivity index (χ3v) is 9.51. The zero-order chi connectivity index (χ0) is 30.5. The van der Waals surface area contributed by atoms with E-state index in [0.717, 1.165) is 50.6 Å². The predicted octanol–water partition coefficient (Wildman–Crippen LogP) is 4.93. The minimum Gasteiger partial charge on any atom is -0.392 e. The lowest BCUT2D eigenvalue weighted by Crippen LogP contribution is -2.41. The molecule has 7 rings (SSSR count). The van der Waals surface area contributed by atoms with Crippen LogP contribution in [0.1, 0.15) is 64.6 Å². The number of benzene rings is 1. The Labute approximate surface area is 255 Å². The average Bonchev–Trinajstić information content (AvgIpc) is 3.63. The molecule has 0 bridgehead atoms. The molecular formula is C34H37FN6O3. The highest BCUT2D eigenvalue weighted by atomic mass is 19.1. The molecule has 5 heterocycles. The number of aryl methyl sites for hydroxylation is 2. The number of carbonyl (C=O) groups excluding carboxylic acids is 1. The van der Waals surface area contributed by atoms with Crippen molar-refractivity contribution in [3.05, 3.63) is 93.0 Å². The number of hydrogen-bond donors (Lipinski definition) is 2. The lowest BCUT2D eigenvalue weighted by atomic mass is 9.97. The van der Waals surface area contributed by atoms with Gasteiger partial charge in [0, 0.05) is 55.4 Å². The first kappa shape index (κ1) is 28.5. The van der Waals surface area contributed by atoms with Gasteiger partial charge in [0.15, 0.2) is 0 Å². The molecule has 0 radical (unpaired) electrons. The third-order valence-electron chi connectivity index (χ3n) is 9.51. The Morgan fingerprint density at radius 2 is 1.86 bits per heavy atom. The minimum atomic E-state index is -0.530. The molecule has 4 aromatic rings. The van der Waals surface area contributed by atoms with Crippen LogP contribution < -0.4 is 15.8 Å². The Kier molecular flexibility index (Phi) is 7.34. The fourth-order valence-corrected chi connectivity index (χ4v) is 7.25. The number of aromatic nitrogens is 3. The van der Waals surface area contributed by atoms with Gasteiger partial charge < -0.3 is 24.5 Å². The maximum atomic E-state index is 15.3. The summed E-state index contributed by atoms with van der Waals surface area (Å²) in [6, 6.07) is 10.5. The quantitative estimate of drug-likeness (QED) is 0.328. The van der Waals surface area contributed by atoms with E-state index >= 15 is 4.39 Å². The van der Waals surface area contributed by atoms with Crippen LogP contribution in [0.5, 0.6) is 0 Å². The van der Waals surface area contributed by atoms with Crippen LogP contribution in [0.15, 0.2) is 53.6 Å². The standard InChI is InChI=1S/C34H37FN6O3/c1-38-11-5-8-28(38)22-9-10-32(36-18-22)37-27-14-23(19-39(2)33(27)43)25-16-24(35)17-30(26(25)20-42)41-13-12-40-29-7-4-3-6-21(29)15-31(40)34(41)44/h9-10,14-19,28,42H,3-8,11-13,20H2,1-2H3,(H,36,37)/t28-/m1/s1. The van der Waals surface area contributed by atoms with Gasteiger partial charge in [0.25, 0.3) is 11.5 Å². The van der Waals surface area contributed by atoms with Crippen molar-refractivity contribution in [2.45, 2.75) is 57.7 Å². The van der Waals surface area contributed by atoms with E-state index in [1.165, 1.54) is 28.0 Å². The molecular weight excluding hydrogens is 559 g/mol. The van der Waals surface area contributed by atoms with E-state index in [1.807, 2.05) is 24.4 Å². The lowest BCUT2D eigenvalue weighted by Gasteiger charge is -2.31. The summed E-state index contributed by atoms with van der Waals surface area (Å²) in [6.07, 6.45) is 9.88. The Morgan fingerprint density at radius 1 is 1.02 bits per heavy atom. The lowest BCUT2D eigenvalue weighted by molar-refractivity contribution is 0.0964. The Morgan fingerprint density at radius 3 is 2.61 bits per heavy atom. The van der Waals surface area contributed by atoms with Gasteiger partial charge in [-0.1, -0.05) is 6.07 Å². The van der Waals surface area contributed by atoms with Crippen LogP contribution in [0.4, 0.5) is 21.6 Å². The highest BCUT2D eigenvalue weighted by Crippen LogP contribution is 2.37. The number of aliphatic hydroxyl groups is 1. The largest absolute Gasteiger partial charge is 0.392 e. The van der Waals surface area contributed by atoms with Crippen LogP contribution in [0.3, 0.4) is 0 Å². The summed E-state index contributed by atoms with van der Waals surface area (Å²) in [5.41, 5.74) is 5.94. The molecule has 2 N–H and O–H groups in total. The first-order valence-electron chi connectivity index (χ1n) is 15.4. The second-order valence-corrected chi connectivity index (χ2v) is 12.2. The van der Waals surface area contributed by atoms with Crippen LogP contribution >= 0.6 is 0 Å². The Balaban J connectivity index is 1.23. The number of fused-ring (bicyclic) bond motifs is 3. The van der Waals surface area contributed by atoms with E-state index in [9.17, 15) is 14.7 Å². The molecule has 1 aliphatic carbocycles. The zero-order valence-electron chi connectivity index (χ0n) is 25.1. The van der Waals surface area contributed by atoms with Gasteiger partial charge in [-0.05, 0) is 99.1 Å². The maximum absolute atomic E-state index is 15.3. The SMILES string of the molecule is CN1CCC[C@@H]1c1ccc(Nc2cc(-c3cc(F)cc(N4CCn5c(cc6c5CCCC6)C4=O)c3CO)cn(C)c2=O)nc1. The Hall–Kier alpha value is -4.28. The van der Waals surface area contributed by atoms with Gasteiger partial charge in [0.1, 0.15) is 23.0 Å². The summed E-state index contributed by atoms with van der Waals surface area (Å²) in [5.74, 6) is -0.202. The van der Waals surface area contributed by atoms with E-state index in [0.29, 0.717) is 53.0 Å².